The minimum atomic E-state index is -1.28. The van der Waals surface area contributed by atoms with Crippen LogP contribution >= 0.6 is 0 Å². The van der Waals surface area contributed by atoms with Crippen LogP contribution in [0.4, 0.5) is 0 Å². The van der Waals surface area contributed by atoms with Gasteiger partial charge in [0.1, 0.15) is 12.2 Å². The molecule has 0 radical (unpaired) electrons. The number of aliphatic hydroxyl groups excluding tert-OH is 4. The fourth-order valence-electron chi connectivity index (χ4n) is 9.62. The van der Waals surface area contributed by atoms with E-state index in [4.69, 9.17) is 0 Å². The zero-order chi connectivity index (χ0) is 49.5. The van der Waals surface area contributed by atoms with Crippen LogP contribution in [-0.2, 0) is 4.79 Å². The maximum Gasteiger partial charge on any atom is 0.249 e. The van der Waals surface area contributed by atoms with Crippen LogP contribution in [0.25, 0.3) is 0 Å². The number of rotatable bonds is 56. The van der Waals surface area contributed by atoms with E-state index in [1.165, 1.54) is 244 Å². The maximum absolute atomic E-state index is 12.6. The van der Waals surface area contributed by atoms with Crippen molar-refractivity contribution < 1.29 is 25.2 Å². The standard InChI is InChI=1S/C62H119NO5/c1-3-5-7-9-11-13-15-17-19-21-23-25-26-27-28-29-30-31-32-33-34-35-36-38-39-41-43-45-47-49-51-53-55-59(65)61(67)58(57-64)63-62(68)60(66)56-54-52-50-48-46-44-42-40-37-24-22-20-18-16-14-12-10-8-6-4-2/h6,8,12,14,47,49,58-61,64-67H,3-5,7,9-11,13,15-46,48,50-57H2,1-2H3,(H,63,68)/b8-6-,14-12-,49-47+. The molecule has 402 valence electrons. The summed E-state index contributed by atoms with van der Waals surface area (Å²) in [5.41, 5.74) is 0. The van der Waals surface area contributed by atoms with Crippen molar-refractivity contribution in [2.24, 2.45) is 0 Å². The first-order valence-corrected chi connectivity index (χ1v) is 30.4. The zero-order valence-electron chi connectivity index (χ0n) is 45.6. The number of nitrogens with one attached hydrogen (secondary N) is 1. The first-order valence-electron chi connectivity index (χ1n) is 30.4. The molecule has 0 aliphatic rings. The number of hydrogen-bond acceptors (Lipinski definition) is 5. The van der Waals surface area contributed by atoms with E-state index in [0.717, 1.165) is 51.4 Å². The lowest BCUT2D eigenvalue weighted by Crippen LogP contribution is -2.53. The van der Waals surface area contributed by atoms with E-state index in [2.05, 4.69) is 55.6 Å². The number of unbranched alkanes of at least 4 members (excludes halogenated alkanes) is 41. The highest BCUT2D eigenvalue weighted by atomic mass is 16.3. The highest BCUT2D eigenvalue weighted by Gasteiger charge is 2.28. The molecular weight excluding hydrogens is 839 g/mol. The largest absolute Gasteiger partial charge is 0.394 e. The molecule has 0 aromatic heterocycles. The average molecular weight is 959 g/mol. The predicted molar refractivity (Wildman–Crippen MR) is 297 cm³/mol. The Labute approximate surface area is 424 Å². The van der Waals surface area contributed by atoms with Gasteiger partial charge in [-0.25, -0.2) is 0 Å². The van der Waals surface area contributed by atoms with Gasteiger partial charge in [0.2, 0.25) is 5.91 Å². The Hall–Kier alpha value is -1.47. The summed E-state index contributed by atoms with van der Waals surface area (Å²) in [6.45, 7) is 3.98. The van der Waals surface area contributed by atoms with Crippen molar-refractivity contribution in [3.8, 4) is 0 Å². The van der Waals surface area contributed by atoms with Crippen LogP contribution in [0.5, 0.6) is 0 Å². The number of carbonyl (C=O) groups is 1. The van der Waals surface area contributed by atoms with E-state index in [0.29, 0.717) is 12.8 Å². The number of carbonyl (C=O) groups excluding carboxylic acids is 1. The molecule has 0 fully saturated rings. The second kappa shape index (κ2) is 56.4. The van der Waals surface area contributed by atoms with E-state index in [9.17, 15) is 25.2 Å². The molecule has 0 spiro atoms. The molecule has 4 atom stereocenters. The fraction of sp³-hybridized carbons (Fsp3) is 0.887. The van der Waals surface area contributed by atoms with Crippen LogP contribution in [0.1, 0.15) is 322 Å². The van der Waals surface area contributed by atoms with Crippen molar-refractivity contribution in [1.29, 1.82) is 0 Å². The topological polar surface area (TPSA) is 110 Å². The van der Waals surface area contributed by atoms with Gasteiger partial charge >= 0.3 is 0 Å². The van der Waals surface area contributed by atoms with Crippen molar-refractivity contribution in [1.82, 2.24) is 5.32 Å². The number of hydrogen-bond donors (Lipinski definition) is 5. The van der Waals surface area contributed by atoms with Crippen molar-refractivity contribution in [3.05, 3.63) is 36.5 Å². The van der Waals surface area contributed by atoms with Crippen molar-refractivity contribution in [2.45, 2.75) is 346 Å². The number of aliphatic hydroxyl groups is 4. The fourth-order valence-corrected chi connectivity index (χ4v) is 9.62. The van der Waals surface area contributed by atoms with Gasteiger partial charge in [-0.2, -0.15) is 0 Å². The summed E-state index contributed by atoms with van der Waals surface area (Å²) in [6.07, 6.45) is 71.0. The molecule has 0 rings (SSSR count). The van der Waals surface area contributed by atoms with Gasteiger partial charge in [0.25, 0.3) is 0 Å². The third-order valence-electron chi connectivity index (χ3n) is 14.3. The summed E-state index contributed by atoms with van der Waals surface area (Å²) in [7, 11) is 0. The third-order valence-corrected chi connectivity index (χ3v) is 14.3. The second-order valence-corrected chi connectivity index (χ2v) is 21.0. The molecule has 6 heteroatoms. The molecule has 0 saturated carbocycles. The van der Waals surface area contributed by atoms with E-state index >= 15 is 0 Å². The number of amides is 1. The molecule has 0 aromatic rings. The highest BCUT2D eigenvalue weighted by Crippen LogP contribution is 2.18. The maximum atomic E-state index is 12.6. The van der Waals surface area contributed by atoms with E-state index in [1.54, 1.807) is 0 Å². The first-order chi connectivity index (χ1) is 33.5. The molecule has 5 N–H and O–H groups in total. The Bertz CT molecular complexity index is 1080. The molecule has 6 nitrogen and oxygen atoms in total. The predicted octanol–water partition coefficient (Wildman–Crippen LogP) is 18.0. The first kappa shape index (κ1) is 66.5. The Kier molecular flexibility index (Phi) is 55.2. The Morgan fingerprint density at radius 1 is 0.382 bits per heavy atom. The summed E-state index contributed by atoms with van der Waals surface area (Å²) in [4.78, 5) is 12.6. The Morgan fingerprint density at radius 3 is 1.04 bits per heavy atom. The highest BCUT2D eigenvalue weighted by molar-refractivity contribution is 5.80. The molecular formula is C62H119NO5. The quantitative estimate of drug-likeness (QED) is 0.0308. The molecule has 0 bridgehead atoms. The lowest BCUT2D eigenvalue weighted by atomic mass is 10.00. The number of allylic oxidation sites excluding steroid dienone is 6. The van der Waals surface area contributed by atoms with E-state index < -0.39 is 36.9 Å². The van der Waals surface area contributed by atoms with Gasteiger partial charge in [0, 0.05) is 0 Å². The minimum absolute atomic E-state index is 0.362. The molecule has 0 aliphatic heterocycles. The van der Waals surface area contributed by atoms with Gasteiger partial charge in [-0.3, -0.25) is 4.79 Å². The van der Waals surface area contributed by atoms with Crippen molar-refractivity contribution in [3.63, 3.8) is 0 Å². The summed E-state index contributed by atoms with van der Waals surface area (Å²) in [5.74, 6) is -0.591. The lowest BCUT2D eigenvalue weighted by Gasteiger charge is -2.27. The van der Waals surface area contributed by atoms with Crippen molar-refractivity contribution >= 4 is 5.91 Å². The van der Waals surface area contributed by atoms with Gasteiger partial charge in [0.05, 0.1) is 18.8 Å². The van der Waals surface area contributed by atoms with Crippen LogP contribution in [0, 0.1) is 0 Å². The summed E-state index contributed by atoms with van der Waals surface area (Å²) < 4.78 is 0. The molecule has 68 heavy (non-hydrogen) atoms. The van der Waals surface area contributed by atoms with Crippen LogP contribution < -0.4 is 5.32 Å². The Balaban J connectivity index is 3.59. The van der Waals surface area contributed by atoms with Gasteiger partial charge in [0.15, 0.2) is 0 Å². The van der Waals surface area contributed by atoms with Crippen LogP contribution in [0.15, 0.2) is 36.5 Å². The van der Waals surface area contributed by atoms with Gasteiger partial charge < -0.3 is 25.7 Å². The molecule has 0 saturated heterocycles. The van der Waals surface area contributed by atoms with E-state index in [1.807, 2.05) is 0 Å². The SMILES string of the molecule is CC/C=C\C/C=C\CCCCCCCCCCCCCCCC(O)C(=O)NC(CO)C(O)C(O)CCC/C=C/CCCCCCCCCCCCCCCCCCCCCCCCCCCCC. The molecule has 0 heterocycles. The molecule has 0 aliphatic carbocycles. The van der Waals surface area contributed by atoms with Gasteiger partial charge in [-0.15, -0.1) is 0 Å². The summed E-state index contributed by atoms with van der Waals surface area (Å²) in [5, 5.41) is 44.0. The van der Waals surface area contributed by atoms with E-state index in [-0.39, 0.29) is 0 Å². The average Bonchev–Trinajstić information content (AvgIpc) is 3.34. The monoisotopic (exact) mass is 958 g/mol. The lowest BCUT2D eigenvalue weighted by molar-refractivity contribution is -0.132. The van der Waals surface area contributed by atoms with Crippen LogP contribution in [0.3, 0.4) is 0 Å². The molecule has 1 amide bonds. The zero-order valence-corrected chi connectivity index (χ0v) is 45.6. The second-order valence-electron chi connectivity index (χ2n) is 21.0. The third kappa shape index (κ3) is 49.5. The van der Waals surface area contributed by atoms with Gasteiger partial charge in [-0.05, 0) is 64.2 Å². The van der Waals surface area contributed by atoms with Gasteiger partial charge in [-0.1, -0.05) is 294 Å². The Morgan fingerprint density at radius 2 is 0.691 bits per heavy atom. The summed E-state index contributed by atoms with van der Waals surface area (Å²) >= 11 is 0. The molecule has 4 unspecified atom stereocenters. The molecule has 0 aromatic carbocycles. The summed E-state index contributed by atoms with van der Waals surface area (Å²) in [6, 6.07) is -1.00. The van der Waals surface area contributed by atoms with Crippen LogP contribution in [-0.4, -0.2) is 57.3 Å². The minimum Gasteiger partial charge on any atom is -0.394 e. The van der Waals surface area contributed by atoms with Crippen LogP contribution in [0.2, 0.25) is 0 Å². The van der Waals surface area contributed by atoms with Crippen molar-refractivity contribution in [2.75, 3.05) is 6.61 Å². The normalized spacial score (nSPS) is 13.9. The smallest absolute Gasteiger partial charge is 0.249 e.